The zero-order valence-electron chi connectivity index (χ0n) is 10.7. The number of hydrogen-bond donors (Lipinski definition) is 0. The van der Waals surface area contributed by atoms with Crippen molar-refractivity contribution in [2.45, 2.75) is 25.7 Å². The molecule has 1 aromatic carbocycles. The first-order chi connectivity index (χ1) is 9.15. The van der Waals surface area contributed by atoms with Gasteiger partial charge in [-0.25, -0.2) is 4.39 Å². The van der Waals surface area contributed by atoms with E-state index in [1.807, 2.05) is 4.90 Å². The van der Waals surface area contributed by atoms with Crippen LogP contribution in [0.2, 0.25) is 0 Å². The first-order valence-corrected chi connectivity index (χ1v) is 6.45. The van der Waals surface area contributed by atoms with E-state index in [4.69, 9.17) is 4.52 Å². The van der Waals surface area contributed by atoms with Crippen molar-refractivity contribution in [2.24, 2.45) is 0 Å². The Hall–Kier alpha value is -1.91. The molecule has 0 atom stereocenters. The molecule has 100 valence electrons. The number of likely N-dealkylation sites (tertiary alicyclic amines) is 1. The first kappa shape index (κ1) is 12.1. The van der Waals surface area contributed by atoms with Crippen LogP contribution in [0.3, 0.4) is 0 Å². The molecule has 19 heavy (non-hydrogen) atoms. The summed E-state index contributed by atoms with van der Waals surface area (Å²) < 4.78 is 18.5. The highest BCUT2D eigenvalue weighted by atomic mass is 19.1. The fourth-order valence-corrected chi connectivity index (χ4v) is 2.69. The molecule has 0 bridgehead atoms. The fraction of sp³-hybridized carbons (Fsp3) is 0.429. The number of rotatable bonds is 1. The summed E-state index contributed by atoms with van der Waals surface area (Å²) >= 11 is 0. The van der Waals surface area contributed by atoms with E-state index in [2.05, 4.69) is 5.16 Å². The van der Waals surface area contributed by atoms with Gasteiger partial charge in [-0.05, 0) is 31.0 Å². The second-order valence-electron chi connectivity index (χ2n) is 4.99. The van der Waals surface area contributed by atoms with Gasteiger partial charge in [-0.15, -0.1) is 0 Å². The Bertz CT molecular complexity index is 615. The third-order valence-corrected chi connectivity index (χ3v) is 3.79. The molecule has 1 amide bonds. The first-order valence-electron chi connectivity index (χ1n) is 6.45. The Morgan fingerprint density at radius 3 is 2.84 bits per heavy atom. The summed E-state index contributed by atoms with van der Waals surface area (Å²) in [7, 11) is 0. The number of fused-ring (bicyclic) bond motifs is 1. The molecule has 0 N–H and O–H groups in total. The fourth-order valence-electron chi connectivity index (χ4n) is 2.69. The molecule has 4 nitrogen and oxygen atoms in total. The maximum absolute atomic E-state index is 13.3. The lowest BCUT2D eigenvalue weighted by molar-refractivity contribution is -0.129. The maximum atomic E-state index is 13.3. The zero-order valence-corrected chi connectivity index (χ0v) is 10.7. The van der Waals surface area contributed by atoms with E-state index in [0.29, 0.717) is 5.58 Å². The largest absolute Gasteiger partial charge is 0.356 e. The van der Waals surface area contributed by atoms with E-state index < -0.39 is 0 Å². The lowest BCUT2D eigenvalue weighted by atomic mass is 9.91. The highest BCUT2D eigenvalue weighted by Crippen LogP contribution is 2.32. The third kappa shape index (κ3) is 2.20. The molecule has 0 saturated carbocycles. The summed E-state index contributed by atoms with van der Waals surface area (Å²) in [4.78, 5) is 13.1. The Morgan fingerprint density at radius 2 is 2.16 bits per heavy atom. The molecule has 0 spiro atoms. The predicted octanol–water partition coefficient (Wildman–Crippen LogP) is 2.69. The van der Waals surface area contributed by atoms with Gasteiger partial charge < -0.3 is 9.42 Å². The molecule has 1 aliphatic rings. The van der Waals surface area contributed by atoms with Crippen LogP contribution >= 0.6 is 0 Å². The molecule has 2 aromatic rings. The van der Waals surface area contributed by atoms with Crippen molar-refractivity contribution in [3.63, 3.8) is 0 Å². The molecule has 1 aliphatic heterocycles. The number of benzene rings is 1. The summed E-state index contributed by atoms with van der Waals surface area (Å²) in [6.07, 6.45) is 1.69. The minimum Gasteiger partial charge on any atom is -0.356 e. The van der Waals surface area contributed by atoms with E-state index in [9.17, 15) is 9.18 Å². The summed E-state index contributed by atoms with van der Waals surface area (Å²) in [5.74, 6) is 0.0614. The second kappa shape index (κ2) is 4.64. The van der Waals surface area contributed by atoms with Gasteiger partial charge >= 0.3 is 0 Å². The standard InChI is InChI=1S/C14H15FN2O2/c1-9(18)17-6-4-10(5-7-17)14-12-8-11(15)2-3-13(12)19-16-14/h2-3,8,10H,4-7H2,1H3. The maximum Gasteiger partial charge on any atom is 0.219 e. The summed E-state index contributed by atoms with van der Waals surface area (Å²) in [5, 5.41) is 4.84. The summed E-state index contributed by atoms with van der Waals surface area (Å²) in [5.41, 5.74) is 1.43. The number of amides is 1. The summed E-state index contributed by atoms with van der Waals surface area (Å²) in [6.45, 7) is 3.04. The Kier molecular flexibility index (Phi) is 2.97. The minimum atomic E-state index is -0.280. The Morgan fingerprint density at radius 1 is 1.42 bits per heavy atom. The van der Waals surface area contributed by atoms with E-state index in [-0.39, 0.29) is 17.6 Å². The van der Waals surface area contributed by atoms with Crippen molar-refractivity contribution in [3.05, 3.63) is 29.7 Å². The molecule has 5 heteroatoms. The zero-order chi connectivity index (χ0) is 13.4. The average Bonchev–Trinajstić information content (AvgIpc) is 2.81. The number of aromatic nitrogens is 1. The average molecular weight is 262 g/mol. The number of halogens is 1. The Labute approximate surface area is 110 Å². The smallest absolute Gasteiger partial charge is 0.219 e. The molecular weight excluding hydrogens is 247 g/mol. The van der Waals surface area contributed by atoms with Crippen LogP contribution in [0.15, 0.2) is 22.7 Å². The second-order valence-corrected chi connectivity index (χ2v) is 4.99. The van der Waals surface area contributed by atoms with Crippen LogP contribution in [0.5, 0.6) is 0 Å². The van der Waals surface area contributed by atoms with Crippen LogP contribution in [0.1, 0.15) is 31.4 Å². The number of carbonyl (C=O) groups excluding carboxylic acids is 1. The van der Waals surface area contributed by atoms with Gasteiger partial charge in [0, 0.05) is 31.3 Å². The van der Waals surface area contributed by atoms with Crippen LogP contribution in [-0.4, -0.2) is 29.1 Å². The number of nitrogens with zero attached hydrogens (tertiary/aromatic N) is 2. The quantitative estimate of drug-likeness (QED) is 0.793. The molecule has 2 heterocycles. The summed E-state index contributed by atoms with van der Waals surface area (Å²) in [6, 6.07) is 4.44. The predicted molar refractivity (Wildman–Crippen MR) is 68.2 cm³/mol. The van der Waals surface area contributed by atoms with Gasteiger partial charge in [-0.3, -0.25) is 4.79 Å². The SMILES string of the molecule is CC(=O)N1CCC(c2noc3ccc(F)cc23)CC1. The molecule has 1 saturated heterocycles. The third-order valence-electron chi connectivity index (χ3n) is 3.79. The molecule has 0 unspecified atom stereocenters. The van der Waals surface area contributed by atoms with Crippen molar-refractivity contribution in [2.75, 3.05) is 13.1 Å². The lowest BCUT2D eigenvalue weighted by Crippen LogP contribution is -2.36. The molecule has 1 fully saturated rings. The van der Waals surface area contributed by atoms with Crippen LogP contribution in [0, 0.1) is 5.82 Å². The highest BCUT2D eigenvalue weighted by Gasteiger charge is 2.26. The van der Waals surface area contributed by atoms with Crippen molar-refractivity contribution in [3.8, 4) is 0 Å². The van der Waals surface area contributed by atoms with Crippen LogP contribution in [0.4, 0.5) is 4.39 Å². The molecule has 1 aromatic heterocycles. The van der Waals surface area contributed by atoms with Gasteiger partial charge in [0.2, 0.25) is 5.91 Å². The van der Waals surface area contributed by atoms with Crippen LogP contribution in [0.25, 0.3) is 11.0 Å². The highest BCUT2D eigenvalue weighted by molar-refractivity contribution is 5.80. The van der Waals surface area contributed by atoms with E-state index in [1.54, 1.807) is 13.0 Å². The van der Waals surface area contributed by atoms with Crippen molar-refractivity contribution >= 4 is 16.9 Å². The Balaban J connectivity index is 1.85. The van der Waals surface area contributed by atoms with Gasteiger partial charge in [-0.1, -0.05) is 5.16 Å². The number of piperidine rings is 1. The molecular formula is C14H15FN2O2. The van der Waals surface area contributed by atoms with E-state index in [0.717, 1.165) is 37.0 Å². The van der Waals surface area contributed by atoms with E-state index in [1.165, 1.54) is 12.1 Å². The van der Waals surface area contributed by atoms with Crippen molar-refractivity contribution < 1.29 is 13.7 Å². The van der Waals surface area contributed by atoms with E-state index >= 15 is 0 Å². The van der Waals surface area contributed by atoms with Crippen molar-refractivity contribution in [1.29, 1.82) is 0 Å². The van der Waals surface area contributed by atoms with Gasteiger partial charge in [0.15, 0.2) is 5.58 Å². The number of hydrogen-bond acceptors (Lipinski definition) is 3. The minimum absolute atomic E-state index is 0.106. The van der Waals surface area contributed by atoms with Gasteiger partial charge in [0.1, 0.15) is 5.82 Å². The van der Waals surface area contributed by atoms with Crippen molar-refractivity contribution in [1.82, 2.24) is 10.1 Å². The van der Waals surface area contributed by atoms with Gasteiger partial charge in [0.05, 0.1) is 5.69 Å². The van der Waals surface area contributed by atoms with Gasteiger partial charge in [-0.2, -0.15) is 0 Å². The molecule has 0 aliphatic carbocycles. The topological polar surface area (TPSA) is 46.3 Å². The van der Waals surface area contributed by atoms with Crippen LogP contribution < -0.4 is 0 Å². The monoisotopic (exact) mass is 262 g/mol. The van der Waals surface area contributed by atoms with Gasteiger partial charge in [0.25, 0.3) is 0 Å². The normalized spacial score (nSPS) is 17.1. The van der Waals surface area contributed by atoms with Crippen LogP contribution in [-0.2, 0) is 4.79 Å². The number of carbonyl (C=O) groups is 1. The molecule has 3 rings (SSSR count). The molecule has 0 radical (unpaired) electrons. The lowest BCUT2D eigenvalue weighted by Gasteiger charge is -2.30.